The number of hydrogen-bond donors (Lipinski definition) is 2. The Bertz CT molecular complexity index is 487. The van der Waals surface area contributed by atoms with Crippen LogP contribution < -0.4 is 5.32 Å². The van der Waals surface area contributed by atoms with Gasteiger partial charge in [0.1, 0.15) is 5.82 Å². The van der Waals surface area contributed by atoms with Crippen molar-refractivity contribution >= 4 is 0 Å². The molecule has 1 aliphatic heterocycles. The Balaban J connectivity index is 1.69. The molecule has 2 aromatic heterocycles. The van der Waals surface area contributed by atoms with E-state index in [2.05, 4.69) is 25.2 Å². The number of aromatic amines is 1. The van der Waals surface area contributed by atoms with E-state index in [4.69, 9.17) is 0 Å². The van der Waals surface area contributed by atoms with Crippen molar-refractivity contribution in [3.05, 3.63) is 36.5 Å². The summed E-state index contributed by atoms with van der Waals surface area (Å²) < 4.78 is 0. The summed E-state index contributed by atoms with van der Waals surface area (Å²) >= 11 is 0. The molecule has 1 aliphatic rings. The van der Waals surface area contributed by atoms with Gasteiger partial charge in [-0.05, 0) is 12.1 Å². The van der Waals surface area contributed by atoms with E-state index in [9.17, 15) is 0 Å². The quantitative estimate of drug-likeness (QED) is 0.840. The molecule has 2 aromatic rings. The van der Waals surface area contributed by atoms with Gasteiger partial charge in [-0.1, -0.05) is 0 Å². The summed E-state index contributed by atoms with van der Waals surface area (Å²) in [5.74, 6) is 1.02. The monoisotopic (exact) mass is 243 g/mol. The van der Waals surface area contributed by atoms with Crippen molar-refractivity contribution in [1.82, 2.24) is 25.2 Å². The number of aromatic nitrogens is 3. The molecule has 0 atom stereocenters. The molecule has 0 unspecified atom stereocenters. The Kier molecular flexibility index (Phi) is 3.34. The first kappa shape index (κ1) is 11.4. The number of hydrogen-bond acceptors (Lipinski definition) is 4. The molecular weight excluding hydrogens is 226 g/mol. The van der Waals surface area contributed by atoms with Crippen molar-refractivity contribution < 1.29 is 0 Å². The molecule has 5 nitrogen and oxygen atoms in total. The first-order chi connectivity index (χ1) is 8.92. The minimum absolute atomic E-state index is 0.891. The highest BCUT2D eigenvalue weighted by Gasteiger charge is 2.12. The lowest BCUT2D eigenvalue weighted by atomic mass is 10.2. The van der Waals surface area contributed by atoms with Crippen molar-refractivity contribution in [3.8, 4) is 11.3 Å². The maximum absolute atomic E-state index is 4.44. The third-order valence-electron chi connectivity index (χ3n) is 3.18. The maximum Gasteiger partial charge on any atom is 0.120 e. The summed E-state index contributed by atoms with van der Waals surface area (Å²) in [6.45, 7) is 5.19. The zero-order chi connectivity index (χ0) is 12.2. The van der Waals surface area contributed by atoms with E-state index in [1.165, 1.54) is 0 Å². The van der Waals surface area contributed by atoms with E-state index >= 15 is 0 Å². The molecule has 0 spiro atoms. The summed E-state index contributed by atoms with van der Waals surface area (Å²) in [5.41, 5.74) is 2.12. The van der Waals surface area contributed by atoms with Gasteiger partial charge in [0.2, 0.25) is 0 Å². The SMILES string of the molecule is c1cncc(-c2cnc(CN3CCNCC3)[nH]2)c1. The van der Waals surface area contributed by atoms with Gasteiger partial charge in [-0.15, -0.1) is 0 Å². The summed E-state index contributed by atoms with van der Waals surface area (Å²) in [7, 11) is 0. The number of rotatable bonds is 3. The van der Waals surface area contributed by atoms with E-state index in [-0.39, 0.29) is 0 Å². The second kappa shape index (κ2) is 5.29. The van der Waals surface area contributed by atoms with Gasteiger partial charge in [0.25, 0.3) is 0 Å². The molecule has 5 heteroatoms. The Morgan fingerprint density at radius 3 is 2.89 bits per heavy atom. The van der Waals surface area contributed by atoms with Gasteiger partial charge in [-0.2, -0.15) is 0 Å². The zero-order valence-corrected chi connectivity index (χ0v) is 10.3. The maximum atomic E-state index is 4.44. The molecule has 3 rings (SSSR count). The number of nitrogens with one attached hydrogen (secondary N) is 2. The van der Waals surface area contributed by atoms with Crippen LogP contribution in [-0.4, -0.2) is 46.0 Å². The fourth-order valence-corrected chi connectivity index (χ4v) is 2.19. The highest BCUT2D eigenvalue weighted by molar-refractivity contribution is 5.56. The van der Waals surface area contributed by atoms with Gasteiger partial charge in [0, 0.05) is 44.1 Å². The van der Waals surface area contributed by atoms with Gasteiger partial charge in [0.05, 0.1) is 18.4 Å². The number of H-pyrrole nitrogens is 1. The minimum atomic E-state index is 0.891. The highest BCUT2D eigenvalue weighted by Crippen LogP contribution is 2.15. The highest BCUT2D eigenvalue weighted by atomic mass is 15.2. The fourth-order valence-electron chi connectivity index (χ4n) is 2.19. The Morgan fingerprint density at radius 1 is 1.22 bits per heavy atom. The number of nitrogens with zero attached hydrogens (tertiary/aromatic N) is 3. The van der Waals surface area contributed by atoms with Crippen LogP contribution in [0, 0.1) is 0 Å². The Labute approximate surface area is 106 Å². The van der Waals surface area contributed by atoms with Crippen molar-refractivity contribution in [3.63, 3.8) is 0 Å². The Morgan fingerprint density at radius 2 is 2.11 bits per heavy atom. The molecule has 3 heterocycles. The first-order valence-electron chi connectivity index (χ1n) is 6.29. The van der Waals surface area contributed by atoms with Gasteiger partial charge in [0.15, 0.2) is 0 Å². The molecular formula is C13H17N5. The molecule has 0 bridgehead atoms. The van der Waals surface area contributed by atoms with Gasteiger partial charge >= 0.3 is 0 Å². The van der Waals surface area contributed by atoms with Crippen molar-refractivity contribution in [1.29, 1.82) is 0 Å². The van der Waals surface area contributed by atoms with Crippen LogP contribution >= 0.6 is 0 Å². The summed E-state index contributed by atoms with van der Waals surface area (Å²) in [5, 5.41) is 3.35. The fraction of sp³-hybridized carbons (Fsp3) is 0.385. The van der Waals surface area contributed by atoms with E-state index < -0.39 is 0 Å². The lowest BCUT2D eigenvalue weighted by Gasteiger charge is -2.26. The van der Waals surface area contributed by atoms with Crippen LogP contribution in [0.4, 0.5) is 0 Å². The molecule has 0 saturated carbocycles. The third-order valence-corrected chi connectivity index (χ3v) is 3.18. The summed E-state index contributed by atoms with van der Waals surface area (Å²) in [6, 6.07) is 3.97. The van der Waals surface area contributed by atoms with E-state index in [1.807, 2.05) is 24.5 Å². The number of piperazine rings is 1. The average molecular weight is 243 g/mol. The van der Waals surface area contributed by atoms with Gasteiger partial charge in [-0.3, -0.25) is 9.88 Å². The molecule has 1 fully saturated rings. The van der Waals surface area contributed by atoms with Gasteiger partial charge in [-0.25, -0.2) is 4.98 Å². The van der Waals surface area contributed by atoms with Crippen molar-refractivity contribution in [2.45, 2.75) is 6.54 Å². The number of imidazole rings is 1. The van der Waals surface area contributed by atoms with Crippen molar-refractivity contribution in [2.75, 3.05) is 26.2 Å². The predicted molar refractivity (Wildman–Crippen MR) is 70.0 cm³/mol. The Hall–Kier alpha value is -1.72. The minimum Gasteiger partial charge on any atom is -0.341 e. The lowest BCUT2D eigenvalue weighted by Crippen LogP contribution is -2.43. The standard InChI is InChI=1S/C13H17N5/c1-2-11(8-15-3-1)12-9-16-13(17-12)10-18-6-4-14-5-7-18/h1-3,8-9,14H,4-7,10H2,(H,16,17). The van der Waals surface area contributed by atoms with Crippen LogP contribution in [0.25, 0.3) is 11.3 Å². The summed E-state index contributed by atoms with van der Waals surface area (Å²) in [6.07, 6.45) is 5.51. The topological polar surface area (TPSA) is 56.8 Å². The van der Waals surface area contributed by atoms with Crippen LogP contribution in [0.5, 0.6) is 0 Å². The average Bonchev–Trinajstić information content (AvgIpc) is 2.89. The molecule has 0 aliphatic carbocycles. The van der Waals surface area contributed by atoms with Gasteiger partial charge < -0.3 is 10.3 Å². The van der Waals surface area contributed by atoms with E-state index in [1.54, 1.807) is 6.20 Å². The number of pyridine rings is 1. The second-order valence-corrected chi connectivity index (χ2v) is 4.51. The normalized spacial score (nSPS) is 16.9. The molecule has 18 heavy (non-hydrogen) atoms. The molecule has 0 radical (unpaired) electrons. The molecule has 0 amide bonds. The predicted octanol–water partition coefficient (Wildman–Crippen LogP) is 0.877. The smallest absolute Gasteiger partial charge is 0.120 e. The molecule has 1 saturated heterocycles. The lowest BCUT2D eigenvalue weighted by molar-refractivity contribution is 0.228. The van der Waals surface area contributed by atoms with Crippen LogP contribution in [0.1, 0.15) is 5.82 Å². The van der Waals surface area contributed by atoms with E-state index in [0.29, 0.717) is 0 Å². The second-order valence-electron chi connectivity index (χ2n) is 4.51. The van der Waals surface area contributed by atoms with Crippen LogP contribution in [0.15, 0.2) is 30.7 Å². The molecule has 94 valence electrons. The third kappa shape index (κ3) is 2.57. The van der Waals surface area contributed by atoms with Crippen molar-refractivity contribution in [2.24, 2.45) is 0 Å². The van der Waals surface area contributed by atoms with Crippen LogP contribution in [-0.2, 0) is 6.54 Å². The van der Waals surface area contributed by atoms with Crippen LogP contribution in [0.3, 0.4) is 0 Å². The van der Waals surface area contributed by atoms with Crippen LogP contribution in [0.2, 0.25) is 0 Å². The first-order valence-corrected chi connectivity index (χ1v) is 6.29. The summed E-state index contributed by atoms with van der Waals surface area (Å²) in [4.78, 5) is 14.3. The molecule has 0 aromatic carbocycles. The van der Waals surface area contributed by atoms with E-state index in [0.717, 1.165) is 49.8 Å². The molecule has 2 N–H and O–H groups in total. The largest absolute Gasteiger partial charge is 0.341 e. The zero-order valence-electron chi connectivity index (χ0n) is 10.3.